The second-order valence-corrected chi connectivity index (χ2v) is 3.92. The molecular formula is C11H14FNO. The Morgan fingerprint density at radius 3 is 2.79 bits per heavy atom. The van der Waals surface area contributed by atoms with E-state index in [1.54, 1.807) is 6.07 Å². The highest BCUT2D eigenvalue weighted by Gasteiger charge is 2.24. The molecule has 0 spiro atoms. The molecule has 0 atom stereocenters. The molecule has 1 aliphatic heterocycles. The van der Waals surface area contributed by atoms with Crippen LogP contribution in [0.2, 0.25) is 0 Å². The zero-order valence-electron chi connectivity index (χ0n) is 8.20. The summed E-state index contributed by atoms with van der Waals surface area (Å²) < 4.78 is 12.8. The number of halogens is 1. The van der Waals surface area contributed by atoms with Crippen LogP contribution in [0.4, 0.5) is 4.39 Å². The van der Waals surface area contributed by atoms with Crippen LogP contribution < -0.4 is 0 Å². The lowest BCUT2D eigenvalue weighted by Gasteiger charge is -2.36. The average molecular weight is 195 g/mol. The molecule has 0 saturated carbocycles. The van der Waals surface area contributed by atoms with E-state index in [-0.39, 0.29) is 11.9 Å². The van der Waals surface area contributed by atoms with E-state index in [0.717, 1.165) is 30.8 Å². The molecule has 0 aromatic heterocycles. The summed E-state index contributed by atoms with van der Waals surface area (Å²) in [5.74, 6) is -0.185. The van der Waals surface area contributed by atoms with Gasteiger partial charge in [-0.25, -0.2) is 4.39 Å². The van der Waals surface area contributed by atoms with Crippen molar-refractivity contribution in [1.82, 2.24) is 4.90 Å². The largest absolute Gasteiger partial charge is 0.390 e. The molecule has 0 aliphatic carbocycles. The molecule has 1 N–H and O–H groups in total. The maximum absolute atomic E-state index is 12.8. The van der Waals surface area contributed by atoms with Crippen LogP contribution in [0.3, 0.4) is 0 Å². The highest BCUT2D eigenvalue weighted by atomic mass is 19.1. The summed E-state index contributed by atoms with van der Waals surface area (Å²) >= 11 is 0. The lowest BCUT2D eigenvalue weighted by atomic mass is 10.1. The molecule has 1 aromatic rings. The zero-order chi connectivity index (χ0) is 10.1. The van der Waals surface area contributed by atoms with Crippen LogP contribution in [0.25, 0.3) is 0 Å². The smallest absolute Gasteiger partial charge is 0.123 e. The van der Waals surface area contributed by atoms with E-state index in [1.165, 1.54) is 6.07 Å². The van der Waals surface area contributed by atoms with Crippen LogP contribution in [-0.2, 0) is 6.54 Å². The van der Waals surface area contributed by atoms with Gasteiger partial charge in [-0.15, -0.1) is 0 Å². The summed E-state index contributed by atoms with van der Waals surface area (Å²) in [6, 6.07) is 4.85. The third-order valence-electron chi connectivity index (χ3n) is 2.64. The predicted octanol–water partition coefficient (Wildman–Crippen LogP) is 1.31. The number of aryl methyl sites for hydroxylation is 1. The first kappa shape index (κ1) is 9.62. The zero-order valence-corrected chi connectivity index (χ0v) is 8.20. The van der Waals surface area contributed by atoms with Crippen molar-refractivity contribution in [3.8, 4) is 0 Å². The van der Waals surface area contributed by atoms with E-state index < -0.39 is 0 Å². The fourth-order valence-corrected chi connectivity index (χ4v) is 1.75. The van der Waals surface area contributed by atoms with Crippen LogP contribution in [0.15, 0.2) is 18.2 Å². The Labute approximate surface area is 83.0 Å². The predicted molar refractivity (Wildman–Crippen MR) is 52.4 cm³/mol. The number of likely N-dealkylation sites (tertiary alicyclic amines) is 1. The third kappa shape index (κ3) is 1.94. The van der Waals surface area contributed by atoms with Crippen molar-refractivity contribution in [3.05, 3.63) is 35.1 Å². The van der Waals surface area contributed by atoms with E-state index in [0.29, 0.717) is 0 Å². The summed E-state index contributed by atoms with van der Waals surface area (Å²) in [4.78, 5) is 2.14. The Morgan fingerprint density at radius 2 is 2.21 bits per heavy atom. The molecule has 3 heteroatoms. The summed E-state index contributed by atoms with van der Waals surface area (Å²) in [6.07, 6.45) is -0.171. The molecule has 1 aliphatic rings. The van der Waals surface area contributed by atoms with Gasteiger partial charge in [0, 0.05) is 19.6 Å². The van der Waals surface area contributed by atoms with Crippen molar-refractivity contribution in [1.29, 1.82) is 0 Å². The molecule has 14 heavy (non-hydrogen) atoms. The van der Waals surface area contributed by atoms with Gasteiger partial charge < -0.3 is 5.11 Å². The number of nitrogens with zero attached hydrogens (tertiary/aromatic N) is 1. The maximum atomic E-state index is 12.8. The topological polar surface area (TPSA) is 23.5 Å². The van der Waals surface area contributed by atoms with Gasteiger partial charge in [-0.2, -0.15) is 0 Å². The molecule has 1 heterocycles. The van der Waals surface area contributed by atoms with E-state index in [1.807, 2.05) is 13.0 Å². The minimum Gasteiger partial charge on any atom is -0.390 e. The minimum absolute atomic E-state index is 0.171. The average Bonchev–Trinajstić information content (AvgIpc) is 2.06. The number of aliphatic hydroxyl groups excluding tert-OH is 1. The molecular weight excluding hydrogens is 181 g/mol. The molecule has 0 radical (unpaired) electrons. The van der Waals surface area contributed by atoms with Crippen molar-refractivity contribution in [2.75, 3.05) is 13.1 Å². The van der Waals surface area contributed by atoms with E-state index in [4.69, 9.17) is 5.11 Å². The molecule has 1 aromatic carbocycles. The molecule has 1 fully saturated rings. The van der Waals surface area contributed by atoms with Gasteiger partial charge in [-0.1, -0.05) is 6.07 Å². The van der Waals surface area contributed by atoms with Gasteiger partial charge in [-0.05, 0) is 30.2 Å². The van der Waals surface area contributed by atoms with E-state index in [2.05, 4.69) is 4.90 Å². The first-order valence-electron chi connectivity index (χ1n) is 4.80. The van der Waals surface area contributed by atoms with Crippen molar-refractivity contribution >= 4 is 0 Å². The highest BCUT2D eigenvalue weighted by molar-refractivity contribution is 5.26. The first-order chi connectivity index (χ1) is 6.65. The number of hydrogen-bond acceptors (Lipinski definition) is 2. The number of aliphatic hydroxyl groups is 1. The monoisotopic (exact) mass is 195 g/mol. The second-order valence-electron chi connectivity index (χ2n) is 3.92. The van der Waals surface area contributed by atoms with Crippen molar-refractivity contribution in [2.24, 2.45) is 0 Å². The minimum atomic E-state index is -0.185. The summed E-state index contributed by atoms with van der Waals surface area (Å²) in [6.45, 7) is 4.19. The number of rotatable bonds is 2. The van der Waals surface area contributed by atoms with Gasteiger partial charge in [0.15, 0.2) is 0 Å². The molecule has 1 saturated heterocycles. The van der Waals surface area contributed by atoms with Gasteiger partial charge in [-0.3, -0.25) is 4.90 Å². The van der Waals surface area contributed by atoms with Gasteiger partial charge in [0.25, 0.3) is 0 Å². The number of benzene rings is 1. The Bertz CT molecular complexity index is 334. The highest BCUT2D eigenvalue weighted by Crippen LogP contribution is 2.16. The fourth-order valence-electron chi connectivity index (χ4n) is 1.75. The number of hydrogen-bond donors (Lipinski definition) is 1. The van der Waals surface area contributed by atoms with E-state index >= 15 is 0 Å². The van der Waals surface area contributed by atoms with Gasteiger partial charge >= 0.3 is 0 Å². The molecule has 0 bridgehead atoms. The molecule has 76 valence electrons. The number of β-amino-alcohol motifs (C(OH)–C–C–N with tert-alkyl or cyclic N) is 1. The summed E-state index contributed by atoms with van der Waals surface area (Å²) in [5, 5.41) is 9.11. The van der Waals surface area contributed by atoms with Crippen molar-refractivity contribution in [3.63, 3.8) is 0 Å². The lowest BCUT2D eigenvalue weighted by molar-refractivity contribution is -0.00297. The fraction of sp³-hybridized carbons (Fsp3) is 0.455. The Balaban J connectivity index is 2.02. The summed E-state index contributed by atoms with van der Waals surface area (Å²) in [7, 11) is 0. The lowest BCUT2D eigenvalue weighted by Crippen LogP contribution is -2.49. The normalized spacial score (nSPS) is 18.2. The molecule has 0 unspecified atom stereocenters. The molecule has 0 amide bonds. The third-order valence-corrected chi connectivity index (χ3v) is 2.64. The first-order valence-corrected chi connectivity index (χ1v) is 4.80. The van der Waals surface area contributed by atoms with Crippen LogP contribution >= 0.6 is 0 Å². The van der Waals surface area contributed by atoms with Gasteiger partial charge in [0.2, 0.25) is 0 Å². The van der Waals surface area contributed by atoms with Crippen LogP contribution in [0.1, 0.15) is 11.1 Å². The quantitative estimate of drug-likeness (QED) is 0.769. The van der Waals surface area contributed by atoms with Crippen LogP contribution in [0.5, 0.6) is 0 Å². The second kappa shape index (κ2) is 3.67. The molecule has 2 rings (SSSR count). The van der Waals surface area contributed by atoms with E-state index in [9.17, 15) is 4.39 Å². The van der Waals surface area contributed by atoms with Crippen LogP contribution in [0, 0.1) is 12.7 Å². The van der Waals surface area contributed by atoms with Crippen LogP contribution in [-0.4, -0.2) is 29.2 Å². The Kier molecular flexibility index (Phi) is 2.52. The summed E-state index contributed by atoms with van der Waals surface area (Å²) in [5.41, 5.74) is 2.12. The Hall–Kier alpha value is -0.930. The van der Waals surface area contributed by atoms with Crippen molar-refractivity contribution < 1.29 is 9.50 Å². The van der Waals surface area contributed by atoms with Gasteiger partial charge in [0.1, 0.15) is 5.82 Å². The Morgan fingerprint density at radius 1 is 1.50 bits per heavy atom. The SMILES string of the molecule is Cc1cc(F)ccc1CN1CC(O)C1. The maximum Gasteiger partial charge on any atom is 0.123 e. The van der Waals surface area contributed by atoms with Crippen molar-refractivity contribution in [2.45, 2.75) is 19.6 Å². The standard InChI is InChI=1S/C11H14FNO/c1-8-4-10(12)3-2-9(8)5-13-6-11(14)7-13/h2-4,11,14H,5-7H2,1H3. The van der Waals surface area contributed by atoms with Gasteiger partial charge in [0.05, 0.1) is 6.10 Å². The molecule has 2 nitrogen and oxygen atoms in total.